The molecule has 0 aliphatic heterocycles. The van der Waals surface area contributed by atoms with Crippen LogP contribution in [0.1, 0.15) is 32.8 Å². The number of benzene rings is 1. The zero-order chi connectivity index (χ0) is 14.3. The van der Waals surface area contributed by atoms with Gasteiger partial charge in [-0.15, -0.1) is 0 Å². The molecule has 0 amide bonds. The summed E-state index contributed by atoms with van der Waals surface area (Å²) in [6, 6.07) is 3.90. The molecule has 19 heavy (non-hydrogen) atoms. The lowest BCUT2D eigenvalue weighted by Gasteiger charge is -2.15. The summed E-state index contributed by atoms with van der Waals surface area (Å²) in [5.74, 6) is 1.95. The summed E-state index contributed by atoms with van der Waals surface area (Å²) < 4.78 is 11.1. The summed E-state index contributed by atoms with van der Waals surface area (Å²) in [6.45, 7) is 8.76. The molecule has 0 spiro atoms. The van der Waals surface area contributed by atoms with Crippen LogP contribution >= 0.6 is 11.6 Å². The highest BCUT2D eigenvalue weighted by Gasteiger charge is 2.12. The van der Waals surface area contributed by atoms with Gasteiger partial charge in [0.25, 0.3) is 0 Å². The fraction of sp³-hybridized carbons (Fsp3) is 0.600. The molecule has 0 aromatic heterocycles. The van der Waals surface area contributed by atoms with Gasteiger partial charge in [-0.2, -0.15) is 0 Å². The van der Waals surface area contributed by atoms with E-state index in [1.807, 2.05) is 12.1 Å². The molecule has 0 fully saturated rings. The number of nitrogens with one attached hydrogen (secondary N) is 1. The Morgan fingerprint density at radius 2 is 2.05 bits per heavy atom. The van der Waals surface area contributed by atoms with Gasteiger partial charge < -0.3 is 14.8 Å². The first-order valence-electron chi connectivity index (χ1n) is 6.78. The molecular weight excluding hydrogens is 262 g/mol. The summed E-state index contributed by atoms with van der Waals surface area (Å²) in [4.78, 5) is 0. The first-order chi connectivity index (χ1) is 9.08. The molecule has 108 valence electrons. The Bertz CT molecular complexity index is 394. The first-order valence-corrected chi connectivity index (χ1v) is 7.16. The Kier molecular flexibility index (Phi) is 7.03. The van der Waals surface area contributed by atoms with Gasteiger partial charge in [0.2, 0.25) is 0 Å². The van der Waals surface area contributed by atoms with Crippen LogP contribution < -0.4 is 14.8 Å². The van der Waals surface area contributed by atoms with E-state index in [1.165, 1.54) is 0 Å². The van der Waals surface area contributed by atoms with Crippen molar-refractivity contribution in [2.45, 2.75) is 33.7 Å². The second kappa shape index (κ2) is 8.28. The Balaban J connectivity index is 2.79. The Hall–Kier alpha value is -0.930. The van der Waals surface area contributed by atoms with E-state index >= 15 is 0 Å². The van der Waals surface area contributed by atoms with E-state index in [-0.39, 0.29) is 0 Å². The highest BCUT2D eigenvalue weighted by molar-refractivity contribution is 6.32. The van der Waals surface area contributed by atoms with Crippen LogP contribution in [-0.4, -0.2) is 20.3 Å². The number of ether oxygens (including phenoxy) is 2. The third-order valence-electron chi connectivity index (χ3n) is 2.81. The highest BCUT2D eigenvalue weighted by atomic mass is 35.5. The van der Waals surface area contributed by atoms with Crippen LogP contribution in [0, 0.1) is 5.92 Å². The molecule has 0 saturated heterocycles. The number of halogens is 1. The molecule has 1 aromatic carbocycles. The van der Waals surface area contributed by atoms with Gasteiger partial charge in [-0.1, -0.05) is 32.4 Å². The minimum Gasteiger partial charge on any atom is -0.493 e. The van der Waals surface area contributed by atoms with Crippen LogP contribution in [0.5, 0.6) is 11.5 Å². The summed E-state index contributed by atoms with van der Waals surface area (Å²) >= 11 is 6.27. The van der Waals surface area contributed by atoms with E-state index in [0.717, 1.165) is 25.1 Å². The lowest BCUT2D eigenvalue weighted by Crippen LogP contribution is -2.12. The number of methoxy groups -OCH3 is 1. The monoisotopic (exact) mass is 285 g/mol. The predicted molar refractivity (Wildman–Crippen MR) is 80.3 cm³/mol. The van der Waals surface area contributed by atoms with E-state index in [4.69, 9.17) is 21.1 Å². The molecule has 1 N–H and O–H groups in total. The average molecular weight is 286 g/mol. The van der Waals surface area contributed by atoms with Crippen LogP contribution in [-0.2, 0) is 6.54 Å². The zero-order valence-electron chi connectivity index (χ0n) is 12.3. The van der Waals surface area contributed by atoms with E-state index in [0.29, 0.717) is 29.0 Å². The topological polar surface area (TPSA) is 30.5 Å². The smallest absolute Gasteiger partial charge is 0.179 e. The Labute approximate surface area is 121 Å². The molecule has 0 heterocycles. The van der Waals surface area contributed by atoms with Gasteiger partial charge in [-0.3, -0.25) is 0 Å². The van der Waals surface area contributed by atoms with Crippen molar-refractivity contribution in [3.8, 4) is 11.5 Å². The summed E-state index contributed by atoms with van der Waals surface area (Å²) in [7, 11) is 1.64. The van der Waals surface area contributed by atoms with Gasteiger partial charge in [-0.25, -0.2) is 0 Å². The normalized spacial score (nSPS) is 10.8. The summed E-state index contributed by atoms with van der Waals surface area (Å²) in [5, 5.41) is 3.87. The lowest BCUT2D eigenvalue weighted by atomic mass is 10.1. The zero-order valence-corrected chi connectivity index (χ0v) is 13.0. The van der Waals surface area contributed by atoms with Crippen LogP contribution in [0.3, 0.4) is 0 Å². The Morgan fingerprint density at radius 1 is 1.32 bits per heavy atom. The van der Waals surface area contributed by atoms with Crippen molar-refractivity contribution in [1.29, 1.82) is 0 Å². The molecule has 3 nitrogen and oxygen atoms in total. The quantitative estimate of drug-likeness (QED) is 0.786. The SMILES string of the molecule is CCNCc1cc(Cl)c(OCCC(C)C)c(OC)c1. The fourth-order valence-corrected chi connectivity index (χ4v) is 1.97. The molecule has 1 rings (SSSR count). The van der Waals surface area contributed by atoms with Crippen molar-refractivity contribution in [2.24, 2.45) is 5.92 Å². The molecule has 0 aliphatic carbocycles. The molecular formula is C15H24ClNO2. The van der Waals surface area contributed by atoms with Crippen molar-refractivity contribution in [3.63, 3.8) is 0 Å². The number of rotatable bonds is 8. The van der Waals surface area contributed by atoms with Crippen molar-refractivity contribution < 1.29 is 9.47 Å². The molecule has 0 aliphatic rings. The van der Waals surface area contributed by atoms with Gasteiger partial charge in [0.1, 0.15) is 0 Å². The predicted octanol–water partition coefficient (Wildman–Crippen LogP) is 3.88. The van der Waals surface area contributed by atoms with Crippen molar-refractivity contribution >= 4 is 11.6 Å². The second-order valence-corrected chi connectivity index (χ2v) is 5.33. The molecule has 0 atom stereocenters. The van der Waals surface area contributed by atoms with Gasteiger partial charge in [-0.05, 0) is 36.6 Å². The maximum Gasteiger partial charge on any atom is 0.179 e. The van der Waals surface area contributed by atoms with Crippen LogP contribution in [0.4, 0.5) is 0 Å². The lowest BCUT2D eigenvalue weighted by molar-refractivity contribution is 0.273. The molecule has 0 radical (unpaired) electrons. The van der Waals surface area contributed by atoms with E-state index in [1.54, 1.807) is 7.11 Å². The number of hydrogen-bond acceptors (Lipinski definition) is 3. The van der Waals surface area contributed by atoms with Gasteiger partial charge in [0.15, 0.2) is 11.5 Å². The van der Waals surface area contributed by atoms with Gasteiger partial charge >= 0.3 is 0 Å². The largest absolute Gasteiger partial charge is 0.493 e. The number of hydrogen-bond donors (Lipinski definition) is 1. The highest BCUT2D eigenvalue weighted by Crippen LogP contribution is 2.36. The molecule has 4 heteroatoms. The fourth-order valence-electron chi connectivity index (χ4n) is 1.68. The molecule has 0 saturated carbocycles. The molecule has 0 bridgehead atoms. The van der Waals surface area contributed by atoms with Crippen LogP contribution in [0.2, 0.25) is 5.02 Å². The van der Waals surface area contributed by atoms with Crippen molar-refractivity contribution in [3.05, 3.63) is 22.7 Å². The minimum atomic E-state index is 0.607. The maximum atomic E-state index is 6.27. The van der Waals surface area contributed by atoms with E-state index < -0.39 is 0 Å². The van der Waals surface area contributed by atoms with E-state index in [2.05, 4.69) is 26.1 Å². The third kappa shape index (κ3) is 5.29. The summed E-state index contributed by atoms with van der Waals surface area (Å²) in [5.41, 5.74) is 1.10. The third-order valence-corrected chi connectivity index (χ3v) is 3.09. The van der Waals surface area contributed by atoms with Crippen LogP contribution in [0.15, 0.2) is 12.1 Å². The second-order valence-electron chi connectivity index (χ2n) is 4.92. The van der Waals surface area contributed by atoms with Crippen molar-refractivity contribution in [1.82, 2.24) is 5.32 Å². The minimum absolute atomic E-state index is 0.607. The summed E-state index contributed by atoms with van der Waals surface area (Å²) in [6.07, 6.45) is 0.999. The van der Waals surface area contributed by atoms with Gasteiger partial charge in [0.05, 0.1) is 18.7 Å². The first kappa shape index (κ1) is 16.1. The standard InChI is InChI=1S/C15H24ClNO2/c1-5-17-10-12-8-13(16)15(14(9-12)18-4)19-7-6-11(2)3/h8-9,11,17H,5-7,10H2,1-4H3. The van der Waals surface area contributed by atoms with Crippen LogP contribution in [0.25, 0.3) is 0 Å². The van der Waals surface area contributed by atoms with Gasteiger partial charge in [0, 0.05) is 6.54 Å². The Morgan fingerprint density at radius 3 is 2.63 bits per heavy atom. The van der Waals surface area contributed by atoms with E-state index in [9.17, 15) is 0 Å². The molecule has 1 aromatic rings. The molecule has 0 unspecified atom stereocenters. The average Bonchev–Trinajstić information content (AvgIpc) is 2.37. The van der Waals surface area contributed by atoms with Crippen molar-refractivity contribution in [2.75, 3.05) is 20.3 Å². The maximum absolute atomic E-state index is 6.27.